The van der Waals surface area contributed by atoms with E-state index in [0.29, 0.717) is 23.8 Å². The molecule has 6 nitrogen and oxygen atoms in total. The standard InChI is InChI=1S/C31H29N3O3S/c1-31(17-25-21-10-3-5-12-23(21)27(31)24-13-6-4-11-22(24)25)29(36)34-30-33-18-26(38-30)19-8-7-9-20(16-19)28(35)32-14-15-37-2/h3-13,16,18,25,27H,14-15,17H2,1-2H3,(H,32,35)(H,33,34,36). The quantitative estimate of drug-likeness (QED) is 0.300. The fourth-order valence-electron chi connectivity index (χ4n) is 6.08. The molecule has 2 bridgehead atoms. The van der Waals surface area contributed by atoms with Crippen LogP contribution in [-0.2, 0) is 9.53 Å². The minimum atomic E-state index is -0.598. The van der Waals surface area contributed by atoms with Gasteiger partial charge in [-0.05, 0) is 53.3 Å². The lowest BCUT2D eigenvalue weighted by atomic mass is 9.52. The van der Waals surface area contributed by atoms with Gasteiger partial charge in [-0.25, -0.2) is 4.98 Å². The number of hydrogen-bond donors (Lipinski definition) is 2. The van der Waals surface area contributed by atoms with Gasteiger partial charge < -0.3 is 15.4 Å². The van der Waals surface area contributed by atoms with Gasteiger partial charge in [0.25, 0.3) is 5.91 Å². The van der Waals surface area contributed by atoms with Crippen molar-refractivity contribution in [2.75, 3.05) is 25.6 Å². The average Bonchev–Trinajstić information content (AvgIpc) is 3.42. The second-order valence-electron chi connectivity index (χ2n) is 10.2. The zero-order valence-electron chi connectivity index (χ0n) is 21.4. The van der Waals surface area contributed by atoms with Gasteiger partial charge in [0.2, 0.25) is 5.91 Å². The molecule has 3 aliphatic rings. The van der Waals surface area contributed by atoms with Gasteiger partial charge in [0.15, 0.2) is 5.13 Å². The van der Waals surface area contributed by atoms with E-state index >= 15 is 0 Å². The van der Waals surface area contributed by atoms with Gasteiger partial charge >= 0.3 is 0 Å². The van der Waals surface area contributed by atoms with E-state index in [1.54, 1.807) is 19.4 Å². The van der Waals surface area contributed by atoms with Crippen LogP contribution in [0, 0.1) is 5.41 Å². The molecule has 0 fully saturated rings. The van der Waals surface area contributed by atoms with Crippen molar-refractivity contribution in [3.63, 3.8) is 0 Å². The number of methoxy groups -OCH3 is 1. The van der Waals surface area contributed by atoms with Gasteiger partial charge in [0, 0.05) is 37.3 Å². The largest absolute Gasteiger partial charge is 0.383 e. The van der Waals surface area contributed by atoms with Crippen LogP contribution in [-0.4, -0.2) is 37.1 Å². The molecular weight excluding hydrogens is 494 g/mol. The minimum absolute atomic E-state index is 0.00682. The topological polar surface area (TPSA) is 80.3 Å². The van der Waals surface area contributed by atoms with Crippen LogP contribution in [0.4, 0.5) is 5.13 Å². The van der Waals surface area contributed by atoms with Crippen molar-refractivity contribution in [2.45, 2.75) is 25.2 Å². The second kappa shape index (κ2) is 9.82. The lowest BCUT2D eigenvalue weighted by molar-refractivity contribution is -0.126. The van der Waals surface area contributed by atoms with Gasteiger partial charge in [-0.15, -0.1) is 0 Å². The summed E-state index contributed by atoms with van der Waals surface area (Å²) in [6.07, 6.45) is 2.51. The number of amides is 2. The van der Waals surface area contributed by atoms with Crippen molar-refractivity contribution >= 4 is 28.3 Å². The number of benzene rings is 3. The normalized spacial score (nSPS) is 20.9. The minimum Gasteiger partial charge on any atom is -0.383 e. The van der Waals surface area contributed by atoms with E-state index < -0.39 is 5.41 Å². The summed E-state index contributed by atoms with van der Waals surface area (Å²) in [5.41, 5.74) is 6.03. The number of rotatable bonds is 7. The Kier molecular flexibility index (Phi) is 6.33. The summed E-state index contributed by atoms with van der Waals surface area (Å²) in [7, 11) is 1.60. The zero-order chi connectivity index (χ0) is 26.3. The van der Waals surface area contributed by atoms with E-state index in [0.717, 1.165) is 16.9 Å². The summed E-state index contributed by atoms with van der Waals surface area (Å²) in [5, 5.41) is 6.54. The first-order chi connectivity index (χ1) is 18.5. The molecule has 2 N–H and O–H groups in total. The number of thiazole rings is 1. The smallest absolute Gasteiger partial charge is 0.251 e. The van der Waals surface area contributed by atoms with Crippen LogP contribution in [0.5, 0.6) is 0 Å². The van der Waals surface area contributed by atoms with Gasteiger partial charge in [-0.3, -0.25) is 9.59 Å². The van der Waals surface area contributed by atoms with Gasteiger partial charge in [0.1, 0.15) is 0 Å². The van der Waals surface area contributed by atoms with Crippen LogP contribution in [0.1, 0.15) is 57.8 Å². The van der Waals surface area contributed by atoms with Crippen LogP contribution in [0.2, 0.25) is 0 Å². The summed E-state index contributed by atoms with van der Waals surface area (Å²) >= 11 is 1.42. The maximum absolute atomic E-state index is 13.9. The fraction of sp³-hybridized carbons (Fsp3) is 0.258. The van der Waals surface area contributed by atoms with Crippen LogP contribution in [0.25, 0.3) is 10.4 Å². The number of carbonyl (C=O) groups is 2. The molecular formula is C31H29N3O3S. The van der Waals surface area contributed by atoms with E-state index in [1.165, 1.54) is 33.6 Å². The first-order valence-electron chi connectivity index (χ1n) is 12.8. The Bertz CT molecular complexity index is 1480. The third-order valence-corrected chi connectivity index (χ3v) is 8.84. The summed E-state index contributed by atoms with van der Waals surface area (Å²) in [4.78, 5) is 31.8. The molecule has 0 aliphatic heterocycles. The molecule has 3 aromatic carbocycles. The highest BCUT2D eigenvalue weighted by atomic mass is 32.1. The van der Waals surface area contributed by atoms with Crippen molar-refractivity contribution in [3.8, 4) is 10.4 Å². The molecule has 0 saturated carbocycles. The monoisotopic (exact) mass is 523 g/mol. The lowest BCUT2D eigenvalue weighted by Crippen LogP contribution is -2.47. The molecule has 1 atom stereocenters. The number of nitrogens with one attached hydrogen (secondary N) is 2. The number of nitrogens with zero attached hydrogens (tertiary/aromatic N) is 1. The van der Waals surface area contributed by atoms with Crippen LogP contribution in [0.15, 0.2) is 79.0 Å². The third kappa shape index (κ3) is 4.12. The summed E-state index contributed by atoms with van der Waals surface area (Å²) < 4.78 is 5.00. The highest BCUT2D eigenvalue weighted by Gasteiger charge is 2.53. The SMILES string of the molecule is COCCNC(=O)c1cccc(-c2cnc(NC(=O)C3(C)CC4c5ccccc5C3c3ccccc34)s2)c1. The molecule has 3 aliphatic carbocycles. The van der Waals surface area contributed by atoms with Crippen LogP contribution < -0.4 is 10.6 Å². The van der Waals surface area contributed by atoms with Crippen LogP contribution >= 0.6 is 11.3 Å². The second-order valence-corrected chi connectivity index (χ2v) is 11.2. The molecule has 7 heteroatoms. The Morgan fingerprint density at radius 3 is 2.37 bits per heavy atom. The maximum Gasteiger partial charge on any atom is 0.251 e. The van der Waals surface area contributed by atoms with Crippen molar-refractivity contribution in [1.82, 2.24) is 10.3 Å². The molecule has 1 aromatic heterocycles. The third-order valence-electron chi connectivity index (χ3n) is 7.88. The van der Waals surface area contributed by atoms with Crippen molar-refractivity contribution < 1.29 is 14.3 Å². The van der Waals surface area contributed by atoms with Crippen molar-refractivity contribution in [2.24, 2.45) is 5.41 Å². The predicted octanol–water partition coefficient (Wildman–Crippen LogP) is 5.81. The van der Waals surface area contributed by atoms with E-state index in [4.69, 9.17) is 4.74 Å². The number of ether oxygens (including phenoxy) is 1. The molecule has 7 rings (SSSR count). The lowest BCUT2D eigenvalue weighted by Gasteiger charge is -2.50. The summed E-state index contributed by atoms with van der Waals surface area (Å²) in [6.45, 7) is 3.00. The first kappa shape index (κ1) is 24.5. The van der Waals surface area contributed by atoms with Crippen molar-refractivity contribution in [3.05, 3.63) is 107 Å². The zero-order valence-corrected chi connectivity index (χ0v) is 22.2. The number of carbonyl (C=O) groups excluding carboxylic acids is 2. The number of fused-ring (bicyclic) bond motifs is 1. The highest BCUT2D eigenvalue weighted by molar-refractivity contribution is 7.19. The highest BCUT2D eigenvalue weighted by Crippen LogP contribution is 2.61. The van der Waals surface area contributed by atoms with E-state index in [-0.39, 0.29) is 23.7 Å². The number of hydrogen-bond acceptors (Lipinski definition) is 5. The summed E-state index contributed by atoms with van der Waals surface area (Å²) in [5.74, 6) is 0.0341. The Morgan fingerprint density at radius 2 is 1.68 bits per heavy atom. The number of aromatic nitrogens is 1. The van der Waals surface area contributed by atoms with Gasteiger partial charge in [0.05, 0.1) is 16.9 Å². The Balaban J connectivity index is 1.24. The Hall–Kier alpha value is -3.81. The maximum atomic E-state index is 13.9. The molecule has 0 radical (unpaired) electrons. The molecule has 4 aromatic rings. The molecule has 0 saturated heterocycles. The predicted molar refractivity (Wildman–Crippen MR) is 150 cm³/mol. The number of anilines is 1. The van der Waals surface area contributed by atoms with Crippen molar-refractivity contribution in [1.29, 1.82) is 0 Å². The Labute approximate surface area is 226 Å². The van der Waals surface area contributed by atoms with Crippen LogP contribution in [0.3, 0.4) is 0 Å². The molecule has 0 spiro atoms. The fourth-order valence-corrected chi connectivity index (χ4v) is 6.88. The Morgan fingerprint density at radius 1 is 1.00 bits per heavy atom. The van der Waals surface area contributed by atoms with Gasteiger partial charge in [-0.2, -0.15) is 0 Å². The van der Waals surface area contributed by atoms with E-state index in [1.807, 2.05) is 18.2 Å². The molecule has 1 heterocycles. The molecule has 38 heavy (non-hydrogen) atoms. The van der Waals surface area contributed by atoms with E-state index in [9.17, 15) is 9.59 Å². The van der Waals surface area contributed by atoms with Gasteiger partial charge in [-0.1, -0.05) is 72.0 Å². The summed E-state index contributed by atoms with van der Waals surface area (Å²) in [6, 6.07) is 24.5. The first-order valence-corrected chi connectivity index (χ1v) is 13.6. The molecule has 192 valence electrons. The molecule has 1 unspecified atom stereocenters. The average molecular weight is 524 g/mol. The molecule has 2 amide bonds. The van der Waals surface area contributed by atoms with E-state index in [2.05, 4.69) is 71.1 Å².